The molecule has 38 heteroatoms. The summed E-state index contributed by atoms with van der Waals surface area (Å²) in [6.07, 6.45) is 2.08. The van der Waals surface area contributed by atoms with Crippen LogP contribution in [0.5, 0.6) is 0 Å². The summed E-state index contributed by atoms with van der Waals surface area (Å²) in [5, 5.41) is 16.1. The highest BCUT2D eigenvalue weighted by molar-refractivity contribution is 5.96. The fourth-order valence-electron chi connectivity index (χ4n) is 8.96. The van der Waals surface area contributed by atoms with Crippen LogP contribution in [0.3, 0.4) is 0 Å². The molecule has 10 N–H and O–H groups in total. The van der Waals surface area contributed by atoms with E-state index in [-0.39, 0.29) is 116 Å². The van der Waals surface area contributed by atoms with E-state index in [0.717, 1.165) is 0 Å². The topological polar surface area (TPSA) is 464 Å². The van der Waals surface area contributed by atoms with E-state index in [4.69, 9.17) is 116 Å². The molecule has 112 heavy (non-hydrogen) atoms. The minimum atomic E-state index is -1.71. The molecule has 0 aromatic heterocycles. The van der Waals surface area contributed by atoms with Crippen molar-refractivity contribution in [3.8, 4) is 0 Å². The molecule has 0 bridgehead atoms. The lowest BCUT2D eigenvalue weighted by molar-refractivity contribution is -0.156. The van der Waals surface area contributed by atoms with Gasteiger partial charge in [0.15, 0.2) is 0 Å². The summed E-state index contributed by atoms with van der Waals surface area (Å²) >= 11 is 0. The van der Waals surface area contributed by atoms with Crippen molar-refractivity contribution in [2.24, 2.45) is 11.5 Å². The molecule has 0 radical (unpaired) electrons. The number of methoxy groups -OCH3 is 2. The zero-order chi connectivity index (χ0) is 82.5. The molecule has 0 unspecified atom stereocenters. The van der Waals surface area contributed by atoms with Crippen molar-refractivity contribution in [1.29, 1.82) is 0 Å². The molecule has 0 saturated heterocycles. The van der Waals surface area contributed by atoms with Crippen LogP contribution < -0.4 is 43.4 Å². The molecule has 0 aromatic rings. The smallest absolute Gasteiger partial charge is 0.306 e. The van der Waals surface area contributed by atoms with Crippen molar-refractivity contribution < 1.29 is 143 Å². The van der Waals surface area contributed by atoms with Gasteiger partial charge in [0.1, 0.15) is 48.6 Å². The Bertz CT molecular complexity index is 2130. The summed E-state index contributed by atoms with van der Waals surface area (Å²) in [4.78, 5) is 105. The van der Waals surface area contributed by atoms with Gasteiger partial charge in [0, 0.05) is 53.2 Å². The van der Waals surface area contributed by atoms with Crippen molar-refractivity contribution >= 4 is 47.4 Å². The molecule has 38 nitrogen and oxygen atoms in total. The van der Waals surface area contributed by atoms with Gasteiger partial charge in [-0.2, -0.15) is 0 Å². The zero-order valence-corrected chi connectivity index (χ0v) is 68.5. The van der Waals surface area contributed by atoms with Gasteiger partial charge in [0.2, 0.25) is 35.4 Å². The number of hydrogen-bond acceptors (Lipinski definition) is 32. The lowest BCUT2D eigenvalue weighted by Gasteiger charge is -2.25. The van der Waals surface area contributed by atoms with Crippen LogP contribution in [-0.4, -0.2) is 374 Å². The third-order valence-electron chi connectivity index (χ3n) is 14.6. The Morgan fingerprint density at radius 1 is 0.268 bits per heavy atom. The number of esters is 2. The van der Waals surface area contributed by atoms with Crippen LogP contribution in [0.15, 0.2) is 0 Å². The Morgan fingerprint density at radius 3 is 0.688 bits per heavy atom. The van der Waals surface area contributed by atoms with E-state index in [1.54, 1.807) is 55.8 Å². The quantitative estimate of drug-likeness (QED) is 0.0274. The first-order valence-electron chi connectivity index (χ1n) is 39.1. The molecule has 0 aliphatic rings. The predicted octanol–water partition coefficient (Wildman–Crippen LogP) is -0.749. The number of nitrogens with two attached hydrogens (primary N) is 2. The van der Waals surface area contributed by atoms with E-state index >= 15 is 0 Å². The minimum absolute atomic E-state index is 0.0156. The number of unbranched alkanes of at least 4 members (excludes halogenated alkanes) is 2. The second kappa shape index (κ2) is 77.1. The molecule has 0 rings (SSSR count). The van der Waals surface area contributed by atoms with E-state index in [1.807, 2.05) is 0 Å². The van der Waals surface area contributed by atoms with Gasteiger partial charge in [0.25, 0.3) is 0 Å². The van der Waals surface area contributed by atoms with Gasteiger partial charge >= 0.3 is 11.9 Å². The van der Waals surface area contributed by atoms with Crippen LogP contribution in [0.4, 0.5) is 0 Å². The number of rotatable bonds is 83. The van der Waals surface area contributed by atoms with E-state index < -0.39 is 70.9 Å². The Hall–Kier alpha value is -5.12. The lowest BCUT2D eigenvalue weighted by Crippen LogP contribution is -2.62. The normalized spacial score (nSPS) is 12.8. The van der Waals surface area contributed by atoms with Crippen LogP contribution in [0.2, 0.25) is 0 Å². The maximum Gasteiger partial charge on any atom is 0.306 e. The molecule has 6 amide bonds. The second-order valence-corrected chi connectivity index (χ2v) is 26.7. The summed E-state index contributed by atoms with van der Waals surface area (Å²) in [6, 6.07) is -5.78. The molecule has 4 atom stereocenters. The summed E-state index contributed by atoms with van der Waals surface area (Å²) < 4.78 is 119. The number of amides is 6. The van der Waals surface area contributed by atoms with Gasteiger partial charge in [-0.15, -0.1) is 0 Å². The Balaban J connectivity index is 4.84. The Morgan fingerprint density at radius 2 is 0.473 bits per heavy atom. The van der Waals surface area contributed by atoms with Gasteiger partial charge in [-0.3, -0.25) is 38.4 Å². The summed E-state index contributed by atoms with van der Waals surface area (Å²) in [5.41, 5.74) is 11.2. The van der Waals surface area contributed by atoms with Crippen LogP contribution in [-0.2, 0) is 143 Å². The average Bonchev–Trinajstić information content (AvgIpc) is 0.864. The van der Waals surface area contributed by atoms with Crippen molar-refractivity contribution in [3.63, 3.8) is 0 Å². The third kappa shape index (κ3) is 75.0. The number of hydrogen-bond donors (Lipinski definition) is 8. The van der Waals surface area contributed by atoms with Crippen LogP contribution >= 0.6 is 0 Å². The summed E-state index contributed by atoms with van der Waals surface area (Å²) in [6.45, 7) is 25.6. The summed E-state index contributed by atoms with van der Waals surface area (Å²) in [5.74, 6) is -4.76. The zero-order valence-electron chi connectivity index (χ0n) is 68.5. The molecule has 0 fully saturated rings. The van der Waals surface area contributed by atoms with Gasteiger partial charge in [0.05, 0.1) is 238 Å². The van der Waals surface area contributed by atoms with Gasteiger partial charge in [-0.1, -0.05) is 0 Å². The first kappa shape index (κ1) is 107. The van der Waals surface area contributed by atoms with Crippen molar-refractivity contribution in [1.82, 2.24) is 31.9 Å². The number of carbonyl (C=O) groups excluding carboxylic acids is 8. The molecule has 658 valence electrons. The van der Waals surface area contributed by atoms with Crippen molar-refractivity contribution in [3.05, 3.63) is 0 Å². The second-order valence-electron chi connectivity index (χ2n) is 26.7. The average molecular weight is 1620 g/mol. The molecule has 0 aliphatic carbocycles. The van der Waals surface area contributed by atoms with Gasteiger partial charge < -0.3 is 148 Å². The van der Waals surface area contributed by atoms with E-state index in [0.29, 0.717) is 237 Å². The van der Waals surface area contributed by atoms with E-state index in [9.17, 15) is 38.4 Å². The van der Waals surface area contributed by atoms with Gasteiger partial charge in [-0.25, -0.2) is 0 Å². The standard InChI is InChI=1S/C74H142N8O30/c1-73(2,3)111-65(85)17-13-21-79-69(87)61(15-9-11-19-77-63(83)59-109-57-55-107-53-51-105-49-47-103-45-43-101-41-39-99-37-35-97-33-31-95-29-27-93-25-23-91-7)81-71(89)67(75)68(76)72(90)82-62(70(88)80-22-14-18-66(86)112-74(4,5)6)16-10-12-20-78-64(84)60-110-58-56-108-54-52-106-50-48-104-46-44-102-42-40-100-38-36-98-34-32-96-30-28-94-26-24-92-8/h61-62,67-68H,9-60,75-76H2,1-8H3,(H,77,83)(H,78,84)(H,79,87)(H,80,88)(H,81,89)(H,82,90)/t61-,62-,67-,68+/m0/s1. The van der Waals surface area contributed by atoms with E-state index in [2.05, 4.69) is 31.9 Å². The monoisotopic (exact) mass is 1620 g/mol. The summed E-state index contributed by atoms with van der Waals surface area (Å²) in [7, 11) is 3.25. The molecule has 0 heterocycles. The third-order valence-corrected chi connectivity index (χ3v) is 14.6. The highest BCUT2D eigenvalue weighted by atomic mass is 16.6. The largest absolute Gasteiger partial charge is 0.460 e. The van der Waals surface area contributed by atoms with Crippen LogP contribution in [0.25, 0.3) is 0 Å². The molecular formula is C74H142N8O30. The first-order valence-corrected chi connectivity index (χ1v) is 39.1. The molecular weight excluding hydrogens is 1480 g/mol. The Labute approximate surface area is 663 Å². The SMILES string of the molecule is COCCOCCOCCOCCOCCOCCOCCOCCOCCOCC(=O)NCCCC[C@H](NC(=O)[C@@H](N)[C@@H](N)C(=O)N[C@@H](CCCCNC(=O)COCCOCCOCCOCCOCCOCCOCCOCCOCCOC)C(=O)NCCCC(=O)OC(C)(C)C)C(=O)NCCCC(=O)OC(C)(C)C. The predicted molar refractivity (Wildman–Crippen MR) is 408 cm³/mol. The maximum absolute atomic E-state index is 13.7. The highest BCUT2D eigenvalue weighted by Gasteiger charge is 2.33. The Kier molecular flexibility index (Phi) is 73.6. The van der Waals surface area contributed by atoms with E-state index in [1.165, 1.54) is 0 Å². The number of ether oxygens (including phenoxy) is 22. The molecule has 0 aromatic carbocycles. The highest BCUT2D eigenvalue weighted by Crippen LogP contribution is 2.11. The maximum atomic E-state index is 13.7. The fourth-order valence-corrected chi connectivity index (χ4v) is 8.96. The number of carbonyl (C=O) groups is 8. The lowest BCUT2D eigenvalue weighted by atomic mass is 10.0. The molecule has 0 saturated carbocycles. The molecule has 0 aliphatic heterocycles. The van der Waals surface area contributed by atoms with Gasteiger partial charge in [-0.05, 0) is 92.9 Å². The van der Waals surface area contributed by atoms with Crippen LogP contribution in [0, 0.1) is 0 Å². The first-order chi connectivity index (χ1) is 54.1. The van der Waals surface area contributed by atoms with Crippen molar-refractivity contribution in [2.45, 2.75) is 141 Å². The van der Waals surface area contributed by atoms with Crippen LogP contribution in [0.1, 0.15) is 106 Å². The minimum Gasteiger partial charge on any atom is -0.460 e. The number of nitrogens with one attached hydrogen (secondary N) is 6. The fraction of sp³-hybridized carbons (Fsp3) is 0.892. The van der Waals surface area contributed by atoms with Crippen molar-refractivity contribution in [2.75, 3.05) is 291 Å². The molecule has 0 spiro atoms.